The first kappa shape index (κ1) is 15.2. The number of likely N-dealkylation sites (N-methyl/N-ethyl adjacent to an activating group) is 1. The zero-order chi connectivity index (χ0) is 12.6. The molecule has 0 saturated heterocycles. The largest absolute Gasteiger partial charge is 0.383 e. The van der Waals surface area contributed by atoms with Crippen LogP contribution in [-0.2, 0) is 14.3 Å². The Kier molecular flexibility index (Phi) is 7.93. The van der Waals surface area contributed by atoms with Crippen molar-refractivity contribution in [2.24, 2.45) is 0 Å². The van der Waals surface area contributed by atoms with Crippen molar-refractivity contribution >= 4 is 23.4 Å². The van der Waals surface area contributed by atoms with Crippen LogP contribution in [0.15, 0.2) is 0 Å². The van der Waals surface area contributed by atoms with Crippen molar-refractivity contribution in [2.75, 3.05) is 46.8 Å². The highest BCUT2D eigenvalue weighted by Gasteiger charge is 2.17. The first-order chi connectivity index (χ1) is 7.52. The molecule has 0 N–H and O–H groups in total. The lowest BCUT2D eigenvalue weighted by molar-refractivity contribution is -0.139. The lowest BCUT2D eigenvalue weighted by atomic mass is 10.3. The average molecular weight is 251 g/mol. The van der Waals surface area contributed by atoms with Crippen molar-refractivity contribution in [3.63, 3.8) is 0 Å². The fourth-order valence-electron chi connectivity index (χ4n) is 1.04. The molecule has 0 heterocycles. The third-order valence-corrected chi connectivity index (χ3v) is 2.24. The predicted molar refractivity (Wildman–Crippen MR) is 62.5 cm³/mol. The summed E-state index contributed by atoms with van der Waals surface area (Å²) in [6, 6.07) is 0. The number of ether oxygens (including phenoxy) is 1. The smallest absolute Gasteiger partial charge is 0.241 e. The number of carbonyl (C=O) groups is 2. The van der Waals surface area contributed by atoms with Gasteiger partial charge in [-0.15, -0.1) is 11.6 Å². The second kappa shape index (κ2) is 8.35. The van der Waals surface area contributed by atoms with Crippen LogP contribution in [0.4, 0.5) is 0 Å². The molecule has 5 nitrogen and oxygen atoms in total. The molecule has 0 bridgehead atoms. The van der Waals surface area contributed by atoms with Crippen LogP contribution in [-0.4, -0.2) is 68.4 Å². The number of amides is 2. The number of carbonyl (C=O) groups excluding carboxylic acids is 2. The highest BCUT2D eigenvalue weighted by molar-refractivity contribution is 6.18. The maximum Gasteiger partial charge on any atom is 0.241 e. The van der Waals surface area contributed by atoms with Crippen LogP contribution in [0.25, 0.3) is 0 Å². The molecule has 0 spiro atoms. The summed E-state index contributed by atoms with van der Waals surface area (Å²) in [5.74, 6) is 0.0274. The first-order valence-corrected chi connectivity index (χ1v) is 5.59. The van der Waals surface area contributed by atoms with Gasteiger partial charge in [0, 0.05) is 40.1 Å². The van der Waals surface area contributed by atoms with Crippen molar-refractivity contribution in [2.45, 2.75) is 6.42 Å². The zero-order valence-corrected chi connectivity index (χ0v) is 10.8. The Morgan fingerprint density at radius 3 is 2.31 bits per heavy atom. The monoisotopic (exact) mass is 250 g/mol. The van der Waals surface area contributed by atoms with Crippen molar-refractivity contribution in [3.8, 4) is 0 Å². The molecule has 16 heavy (non-hydrogen) atoms. The molecule has 6 heteroatoms. The van der Waals surface area contributed by atoms with Crippen LogP contribution >= 0.6 is 11.6 Å². The Labute approximate surface area is 101 Å². The highest BCUT2D eigenvalue weighted by Crippen LogP contribution is 1.98. The summed E-state index contributed by atoms with van der Waals surface area (Å²) in [6.07, 6.45) is 0.242. The Hall–Kier alpha value is -0.810. The summed E-state index contributed by atoms with van der Waals surface area (Å²) in [6.45, 7) is 0.895. The summed E-state index contributed by atoms with van der Waals surface area (Å²) in [5, 5.41) is 0. The van der Waals surface area contributed by atoms with Crippen molar-refractivity contribution in [1.29, 1.82) is 0 Å². The lowest BCUT2D eigenvalue weighted by Gasteiger charge is -2.23. The van der Waals surface area contributed by atoms with Crippen LogP contribution in [0.5, 0.6) is 0 Å². The molecule has 0 saturated carbocycles. The minimum atomic E-state index is -0.123. The number of alkyl halides is 1. The van der Waals surface area contributed by atoms with E-state index in [0.29, 0.717) is 13.2 Å². The molecular weight excluding hydrogens is 232 g/mol. The molecule has 94 valence electrons. The molecule has 0 aromatic rings. The van der Waals surface area contributed by atoms with E-state index in [-0.39, 0.29) is 30.7 Å². The summed E-state index contributed by atoms with van der Waals surface area (Å²) in [5.41, 5.74) is 0. The minimum absolute atomic E-state index is 0.0755. The van der Waals surface area contributed by atoms with Gasteiger partial charge >= 0.3 is 0 Å². The van der Waals surface area contributed by atoms with E-state index in [2.05, 4.69) is 0 Å². The third-order valence-electron chi connectivity index (χ3n) is 2.05. The van der Waals surface area contributed by atoms with Gasteiger partial charge < -0.3 is 14.5 Å². The summed E-state index contributed by atoms with van der Waals surface area (Å²) < 4.78 is 4.89. The fourth-order valence-corrected chi connectivity index (χ4v) is 1.20. The third kappa shape index (κ3) is 5.92. The summed E-state index contributed by atoms with van der Waals surface area (Å²) in [4.78, 5) is 26.0. The number of hydrogen-bond donors (Lipinski definition) is 0. The van der Waals surface area contributed by atoms with Crippen molar-refractivity contribution in [1.82, 2.24) is 9.80 Å². The van der Waals surface area contributed by atoms with E-state index < -0.39 is 0 Å². The van der Waals surface area contributed by atoms with Gasteiger partial charge in [0.2, 0.25) is 11.8 Å². The van der Waals surface area contributed by atoms with Crippen LogP contribution < -0.4 is 0 Å². The van der Waals surface area contributed by atoms with Crippen LogP contribution in [0, 0.1) is 0 Å². The van der Waals surface area contributed by atoms with Gasteiger partial charge in [-0.1, -0.05) is 0 Å². The van der Waals surface area contributed by atoms with Gasteiger partial charge in [-0.05, 0) is 0 Å². The van der Waals surface area contributed by atoms with E-state index in [1.54, 1.807) is 21.2 Å². The molecule has 0 aliphatic rings. The Balaban J connectivity index is 4.30. The van der Waals surface area contributed by atoms with E-state index in [1.807, 2.05) is 0 Å². The number of nitrogens with zero attached hydrogens (tertiary/aromatic N) is 2. The standard InChI is InChI=1S/C10H19ClN2O3/c1-12(2)10(15)8-13(6-7-16-3)9(14)4-5-11/h4-8H2,1-3H3. The van der Waals surface area contributed by atoms with E-state index in [0.717, 1.165) is 0 Å². The van der Waals surface area contributed by atoms with Crippen molar-refractivity contribution < 1.29 is 14.3 Å². The second-order valence-electron chi connectivity index (χ2n) is 3.54. The van der Waals surface area contributed by atoms with Gasteiger partial charge in [-0.25, -0.2) is 0 Å². The maximum atomic E-state index is 11.6. The van der Waals surface area contributed by atoms with Crippen molar-refractivity contribution in [3.05, 3.63) is 0 Å². The summed E-state index contributed by atoms with van der Waals surface area (Å²) >= 11 is 5.50. The second-order valence-corrected chi connectivity index (χ2v) is 3.91. The molecule has 2 amide bonds. The van der Waals surface area contributed by atoms with Gasteiger partial charge in [0.25, 0.3) is 0 Å². The number of methoxy groups -OCH3 is 1. The van der Waals surface area contributed by atoms with Gasteiger partial charge in [0.1, 0.15) is 0 Å². The van der Waals surface area contributed by atoms with Crippen LogP contribution in [0.1, 0.15) is 6.42 Å². The molecule has 0 unspecified atom stereocenters. The first-order valence-electron chi connectivity index (χ1n) is 5.05. The van der Waals surface area contributed by atoms with Gasteiger partial charge in [0.15, 0.2) is 0 Å². The normalized spacial score (nSPS) is 10.0. The average Bonchev–Trinajstić information content (AvgIpc) is 2.23. The Morgan fingerprint density at radius 1 is 1.25 bits per heavy atom. The van der Waals surface area contributed by atoms with Gasteiger partial charge in [0.05, 0.1) is 13.2 Å². The molecule has 0 atom stereocenters. The molecule has 0 radical (unpaired) electrons. The minimum Gasteiger partial charge on any atom is -0.383 e. The fraction of sp³-hybridized carbons (Fsp3) is 0.800. The number of hydrogen-bond acceptors (Lipinski definition) is 3. The van der Waals surface area contributed by atoms with Gasteiger partial charge in [-0.2, -0.15) is 0 Å². The predicted octanol–water partition coefficient (Wildman–Crippen LogP) is 0.179. The van der Waals surface area contributed by atoms with Gasteiger partial charge in [-0.3, -0.25) is 9.59 Å². The molecule has 0 fully saturated rings. The quantitative estimate of drug-likeness (QED) is 0.606. The Morgan fingerprint density at radius 2 is 1.88 bits per heavy atom. The Bertz CT molecular complexity index is 234. The van der Waals surface area contributed by atoms with Crippen LogP contribution in [0.3, 0.4) is 0 Å². The molecular formula is C10H19ClN2O3. The molecule has 0 aliphatic heterocycles. The molecule has 0 aliphatic carbocycles. The summed E-state index contributed by atoms with van der Waals surface area (Å²) in [7, 11) is 4.86. The van der Waals surface area contributed by atoms with E-state index in [1.165, 1.54) is 9.80 Å². The SMILES string of the molecule is COCCN(CC(=O)N(C)C)C(=O)CCCl. The van der Waals surface area contributed by atoms with Crippen LogP contribution in [0.2, 0.25) is 0 Å². The maximum absolute atomic E-state index is 11.6. The number of rotatable bonds is 7. The topological polar surface area (TPSA) is 49.9 Å². The molecule has 0 aromatic carbocycles. The molecule has 0 rings (SSSR count). The molecule has 0 aromatic heterocycles. The highest BCUT2D eigenvalue weighted by atomic mass is 35.5. The zero-order valence-electron chi connectivity index (χ0n) is 10.0. The number of halogens is 1. The van der Waals surface area contributed by atoms with E-state index in [9.17, 15) is 9.59 Å². The lowest BCUT2D eigenvalue weighted by Crippen LogP contribution is -2.41. The van der Waals surface area contributed by atoms with E-state index >= 15 is 0 Å². The van der Waals surface area contributed by atoms with E-state index in [4.69, 9.17) is 16.3 Å².